The van der Waals surface area contributed by atoms with Crippen LogP contribution in [0.5, 0.6) is 0 Å². The number of carbonyl (C=O) groups excluding carboxylic acids is 1. The fourth-order valence-electron chi connectivity index (χ4n) is 3.86. The monoisotopic (exact) mass is 467 g/mol. The Kier molecular flexibility index (Phi) is 5.40. The lowest BCUT2D eigenvalue weighted by Crippen LogP contribution is -2.17. The first-order valence-corrected chi connectivity index (χ1v) is 11.3. The maximum Gasteiger partial charge on any atom is 0.339 e. The summed E-state index contributed by atoms with van der Waals surface area (Å²) in [7, 11) is 1.30. The maximum atomic E-state index is 13.0. The molecule has 5 rings (SSSR count). The van der Waals surface area contributed by atoms with Crippen molar-refractivity contribution in [3.8, 4) is 11.3 Å². The molecule has 7 nitrogen and oxygen atoms in total. The Morgan fingerprint density at radius 1 is 1.28 bits per heavy atom. The van der Waals surface area contributed by atoms with Gasteiger partial charge < -0.3 is 9.15 Å². The van der Waals surface area contributed by atoms with Crippen molar-refractivity contribution in [3.63, 3.8) is 0 Å². The number of benzene rings is 1. The Labute approximate surface area is 191 Å². The van der Waals surface area contributed by atoms with Gasteiger partial charge in [0.05, 0.1) is 29.3 Å². The molecule has 0 fully saturated rings. The van der Waals surface area contributed by atoms with Crippen LogP contribution in [0.4, 0.5) is 0 Å². The van der Waals surface area contributed by atoms with Gasteiger partial charge in [-0.1, -0.05) is 17.7 Å². The number of ether oxygens (including phenoxy) is 1. The van der Waals surface area contributed by atoms with E-state index in [0.29, 0.717) is 22.5 Å². The molecule has 0 radical (unpaired) electrons. The van der Waals surface area contributed by atoms with Crippen LogP contribution in [0.1, 0.15) is 39.4 Å². The number of thiophene rings is 1. The summed E-state index contributed by atoms with van der Waals surface area (Å²) in [5, 5.41) is 5.22. The number of esters is 1. The average molecular weight is 468 g/mol. The largest absolute Gasteiger partial charge is 0.465 e. The fraction of sp³-hybridized carbons (Fsp3) is 0.217. The molecule has 3 heterocycles. The van der Waals surface area contributed by atoms with Crippen molar-refractivity contribution < 1.29 is 13.9 Å². The highest BCUT2D eigenvalue weighted by molar-refractivity contribution is 7.18. The quantitative estimate of drug-likeness (QED) is 0.314. The predicted octanol–water partition coefficient (Wildman–Crippen LogP) is 4.92. The van der Waals surface area contributed by atoms with Gasteiger partial charge in [0.25, 0.3) is 5.56 Å². The van der Waals surface area contributed by atoms with Gasteiger partial charge in [-0.2, -0.15) is 9.78 Å². The summed E-state index contributed by atoms with van der Waals surface area (Å²) in [6.07, 6.45) is 7.09. The first-order chi connectivity index (χ1) is 15.5. The van der Waals surface area contributed by atoms with E-state index in [2.05, 4.69) is 10.1 Å². The highest BCUT2D eigenvalue weighted by Crippen LogP contribution is 2.33. The number of aromatic nitrogens is 2. The van der Waals surface area contributed by atoms with Gasteiger partial charge in [0, 0.05) is 10.4 Å². The van der Waals surface area contributed by atoms with E-state index in [-0.39, 0.29) is 16.1 Å². The molecule has 0 spiro atoms. The second kappa shape index (κ2) is 8.37. The molecule has 0 saturated heterocycles. The van der Waals surface area contributed by atoms with Crippen molar-refractivity contribution in [2.75, 3.05) is 7.11 Å². The minimum absolute atomic E-state index is 0.164. The maximum absolute atomic E-state index is 13.0. The third kappa shape index (κ3) is 3.65. The van der Waals surface area contributed by atoms with Crippen LogP contribution in [0, 0.1) is 0 Å². The van der Waals surface area contributed by atoms with E-state index in [9.17, 15) is 9.59 Å². The van der Waals surface area contributed by atoms with Crippen LogP contribution in [-0.2, 0) is 17.6 Å². The molecular weight excluding hydrogens is 450 g/mol. The number of nitrogens with zero attached hydrogens (tertiary/aromatic N) is 3. The molecule has 32 heavy (non-hydrogen) atoms. The lowest BCUT2D eigenvalue weighted by molar-refractivity contribution is 0.0601. The second-order valence-electron chi connectivity index (χ2n) is 7.42. The van der Waals surface area contributed by atoms with Crippen molar-refractivity contribution >= 4 is 45.3 Å². The Balaban J connectivity index is 1.42. The van der Waals surface area contributed by atoms with Gasteiger partial charge in [0.15, 0.2) is 0 Å². The molecule has 0 saturated carbocycles. The van der Waals surface area contributed by atoms with Gasteiger partial charge in [-0.25, -0.2) is 9.78 Å². The molecule has 9 heteroatoms. The molecule has 162 valence electrons. The van der Waals surface area contributed by atoms with Gasteiger partial charge in [0.1, 0.15) is 22.7 Å². The zero-order valence-electron chi connectivity index (χ0n) is 17.1. The van der Waals surface area contributed by atoms with E-state index in [1.807, 2.05) is 0 Å². The summed E-state index contributed by atoms with van der Waals surface area (Å²) in [5.74, 6) is 0.516. The van der Waals surface area contributed by atoms with Gasteiger partial charge in [-0.05, 0) is 55.5 Å². The van der Waals surface area contributed by atoms with Gasteiger partial charge in [-0.15, -0.1) is 11.3 Å². The summed E-state index contributed by atoms with van der Waals surface area (Å²) < 4.78 is 11.8. The summed E-state index contributed by atoms with van der Waals surface area (Å²) in [6.45, 7) is 0. The zero-order chi connectivity index (χ0) is 22.2. The van der Waals surface area contributed by atoms with Gasteiger partial charge in [0.2, 0.25) is 0 Å². The van der Waals surface area contributed by atoms with E-state index in [4.69, 9.17) is 20.8 Å². The van der Waals surface area contributed by atoms with Crippen LogP contribution in [0.3, 0.4) is 0 Å². The molecule has 1 aliphatic carbocycles. The molecule has 3 aromatic heterocycles. The number of halogens is 1. The van der Waals surface area contributed by atoms with Crippen LogP contribution in [0.25, 0.3) is 21.5 Å². The van der Waals surface area contributed by atoms with Crippen LogP contribution >= 0.6 is 22.9 Å². The number of methoxy groups -OCH3 is 1. The third-order valence-electron chi connectivity index (χ3n) is 5.45. The fourth-order valence-corrected chi connectivity index (χ4v) is 5.34. The van der Waals surface area contributed by atoms with E-state index >= 15 is 0 Å². The SMILES string of the molecule is COC(=O)c1ccc(-c2ccc(/C=N/n3cnc4sc5c(c4c3=O)CCCC5)o2)cc1Cl. The molecule has 0 amide bonds. The zero-order valence-corrected chi connectivity index (χ0v) is 18.7. The Morgan fingerprint density at radius 2 is 2.12 bits per heavy atom. The van der Waals surface area contributed by atoms with Crippen molar-refractivity contribution in [2.24, 2.45) is 5.10 Å². The minimum Gasteiger partial charge on any atom is -0.465 e. The van der Waals surface area contributed by atoms with Crippen LogP contribution in [0.15, 0.2) is 51.0 Å². The summed E-state index contributed by atoms with van der Waals surface area (Å²) in [5.41, 5.74) is 1.95. The van der Waals surface area contributed by atoms with Crippen molar-refractivity contribution in [3.05, 3.63) is 73.8 Å². The summed E-state index contributed by atoms with van der Waals surface area (Å²) in [6, 6.07) is 8.45. The number of carbonyl (C=O) groups is 1. The van der Waals surface area contributed by atoms with Crippen molar-refractivity contribution in [1.82, 2.24) is 9.66 Å². The molecular formula is C23H18ClN3O4S. The molecule has 4 aromatic rings. The smallest absolute Gasteiger partial charge is 0.339 e. The molecule has 1 aromatic carbocycles. The predicted molar refractivity (Wildman–Crippen MR) is 124 cm³/mol. The highest BCUT2D eigenvalue weighted by Gasteiger charge is 2.20. The van der Waals surface area contributed by atoms with Crippen LogP contribution in [0.2, 0.25) is 5.02 Å². The third-order valence-corrected chi connectivity index (χ3v) is 6.97. The normalized spacial score (nSPS) is 13.6. The topological polar surface area (TPSA) is 86.7 Å². The first kappa shape index (κ1) is 20.7. The highest BCUT2D eigenvalue weighted by atomic mass is 35.5. The number of hydrogen-bond donors (Lipinski definition) is 0. The number of furan rings is 1. The Bertz CT molecular complexity index is 1430. The molecule has 0 N–H and O–H groups in total. The van der Waals surface area contributed by atoms with E-state index in [0.717, 1.165) is 36.1 Å². The summed E-state index contributed by atoms with van der Waals surface area (Å²) in [4.78, 5) is 31.2. The van der Waals surface area contributed by atoms with Gasteiger partial charge in [-0.3, -0.25) is 4.79 Å². The number of hydrogen-bond acceptors (Lipinski definition) is 7. The summed E-state index contributed by atoms with van der Waals surface area (Å²) >= 11 is 7.80. The van der Waals surface area contributed by atoms with E-state index in [1.165, 1.54) is 29.2 Å². The van der Waals surface area contributed by atoms with Crippen LogP contribution in [-0.4, -0.2) is 29.0 Å². The van der Waals surface area contributed by atoms with E-state index < -0.39 is 5.97 Å². The second-order valence-corrected chi connectivity index (χ2v) is 8.91. The molecule has 0 unspecified atom stereocenters. The lowest BCUT2D eigenvalue weighted by Gasteiger charge is -2.09. The molecule has 0 atom stereocenters. The van der Waals surface area contributed by atoms with Crippen LogP contribution < -0.4 is 5.56 Å². The van der Waals surface area contributed by atoms with Gasteiger partial charge >= 0.3 is 5.97 Å². The first-order valence-electron chi connectivity index (χ1n) is 10.1. The van der Waals surface area contributed by atoms with Crippen molar-refractivity contribution in [1.29, 1.82) is 0 Å². The van der Waals surface area contributed by atoms with Crippen molar-refractivity contribution in [2.45, 2.75) is 25.7 Å². The molecule has 0 bridgehead atoms. The Hall–Kier alpha value is -3.23. The number of fused-ring (bicyclic) bond motifs is 3. The van der Waals surface area contributed by atoms with E-state index in [1.54, 1.807) is 41.7 Å². The standard InChI is InChI=1S/C23H18ClN3O4S/c1-30-23(29)15-8-6-13(10-17(15)24)18-9-7-14(31-18)11-26-27-12-25-21-20(22(27)28)16-4-2-3-5-19(16)32-21/h6-12H,2-5H2,1H3/b26-11+. The molecule has 0 aliphatic heterocycles. The Morgan fingerprint density at radius 3 is 2.94 bits per heavy atom. The molecule has 1 aliphatic rings. The number of aryl methyl sites for hydroxylation is 2. The number of rotatable bonds is 4. The minimum atomic E-state index is -0.503. The lowest BCUT2D eigenvalue weighted by atomic mass is 9.97. The average Bonchev–Trinajstić information content (AvgIpc) is 3.43.